The lowest BCUT2D eigenvalue weighted by molar-refractivity contribution is 0.550. The summed E-state index contributed by atoms with van der Waals surface area (Å²) >= 11 is 19.1. The molecule has 0 bridgehead atoms. The first-order valence-electron chi connectivity index (χ1n) is 5.86. The third kappa shape index (κ3) is 3.97. The molecule has 0 saturated heterocycles. The zero-order chi connectivity index (χ0) is 14.7. The number of halogens is 4. The first kappa shape index (κ1) is 16.3. The van der Waals surface area contributed by atoms with E-state index in [-0.39, 0.29) is 6.04 Å². The van der Waals surface area contributed by atoms with Crippen molar-refractivity contribution in [1.82, 2.24) is 5.43 Å². The SMILES string of the molecule is NNC(Cc1ccc(Br)cc1Cl)c1ccc(Cl)cc1Br. The van der Waals surface area contributed by atoms with E-state index in [2.05, 4.69) is 37.3 Å². The molecule has 2 rings (SSSR count). The smallest absolute Gasteiger partial charge is 0.0512 e. The van der Waals surface area contributed by atoms with E-state index in [0.29, 0.717) is 16.5 Å². The lowest BCUT2D eigenvalue weighted by atomic mass is 9.99. The van der Waals surface area contributed by atoms with Gasteiger partial charge in [0.05, 0.1) is 6.04 Å². The highest BCUT2D eigenvalue weighted by Gasteiger charge is 2.15. The molecule has 20 heavy (non-hydrogen) atoms. The number of nitrogens with two attached hydrogens (primary N) is 1. The third-order valence-corrected chi connectivity index (χ3v) is 4.75. The number of hydrazine groups is 1. The van der Waals surface area contributed by atoms with Crippen LogP contribution in [0.1, 0.15) is 17.2 Å². The van der Waals surface area contributed by atoms with Crippen molar-refractivity contribution in [3.05, 3.63) is 66.5 Å². The highest BCUT2D eigenvalue weighted by atomic mass is 79.9. The van der Waals surface area contributed by atoms with Crippen LogP contribution in [0.15, 0.2) is 45.3 Å². The minimum Gasteiger partial charge on any atom is -0.271 e. The van der Waals surface area contributed by atoms with Gasteiger partial charge in [-0.1, -0.05) is 67.2 Å². The molecular formula is C14H12Br2Cl2N2. The van der Waals surface area contributed by atoms with Gasteiger partial charge in [-0.25, -0.2) is 0 Å². The quantitative estimate of drug-likeness (QED) is 0.504. The van der Waals surface area contributed by atoms with Crippen LogP contribution in [0, 0.1) is 0 Å². The molecule has 1 unspecified atom stereocenters. The topological polar surface area (TPSA) is 38.0 Å². The van der Waals surface area contributed by atoms with Gasteiger partial charge in [0.15, 0.2) is 0 Å². The second kappa shape index (κ2) is 7.25. The molecule has 0 fully saturated rings. The van der Waals surface area contributed by atoms with Crippen molar-refractivity contribution >= 4 is 55.1 Å². The van der Waals surface area contributed by atoms with Crippen LogP contribution in [0.25, 0.3) is 0 Å². The van der Waals surface area contributed by atoms with Crippen molar-refractivity contribution in [2.24, 2.45) is 5.84 Å². The Hall–Kier alpha value is -0.100. The van der Waals surface area contributed by atoms with E-state index in [1.807, 2.05) is 36.4 Å². The van der Waals surface area contributed by atoms with E-state index >= 15 is 0 Å². The second-order valence-corrected chi connectivity index (χ2v) is 6.94. The summed E-state index contributed by atoms with van der Waals surface area (Å²) in [6, 6.07) is 11.4. The van der Waals surface area contributed by atoms with Crippen molar-refractivity contribution in [3.63, 3.8) is 0 Å². The molecule has 0 aromatic heterocycles. The van der Waals surface area contributed by atoms with Gasteiger partial charge in [-0.2, -0.15) is 0 Å². The Balaban J connectivity index is 2.28. The van der Waals surface area contributed by atoms with Crippen LogP contribution in [-0.4, -0.2) is 0 Å². The molecule has 0 heterocycles. The van der Waals surface area contributed by atoms with Crippen molar-refractivity contribution in [1.29, 1.82) is 0 Å². The second-order valence-electron chi connectivity index (χ2n) is 4.32. The zero-order valence-corrected chi connectivity index (χ0v) is 15.0. The first-order valence-corrected chi connectivity index (χ1v) is 8.20. The molecule has 1 atom stereocenters. The molecule has 0 aliphatic heterocycles. The summed E-state index contributed by atoms with van der Waals surface area (Å²) in [6.45, 7) is 0. The number of nitrogens with one attached hydrogen (secondary N) is 1. The summed E-state index contributed by atoms with van der Waals surface area (Å²) in [5.74, 6) is 5.68. The Kier molecular flexibility index (Phi) is 5.90. The minimum absolute atomic E-state index is 0.0553. The summed E-state index contributed by atoms with van der Waals surface area (Å²) < 4.78 is 1.87. The monoisotopic (exact) mass is 436 g/mol. The summed E-state index contributed by atoms with van der Waals surface area (Å²) in [5, 5.41) is 1.39. The first-order chi connectivity index (χ1) is 9.51. The Morgan fingerprint density at radius 3 is 2.45 bits per heavy atom. The van der Waals surface area contributed by atoms with E-state index < -0.39 is 0 Å². The summed E-state index contributed by atoms with van der Waals surface area (Å²) in [5.41, 5.74) is 4.89. The highest BCUT2D eigenvalue weighted by Crippen LogP contribution is 2.30. The third-order valence-electron chi connectivity index (χ3n) is 2.98. The van der Waals surface area contributed by atoms with Crippen LogP contribution in [-0.2, 0) is 6.42 Å². The van der Waals surface area contributed by atoms with Crippen LogP contribution in [0.5, 0.6) is 0 Å². The molecule has 6 heteroatoms. The molecule has 2 nitrogen and oxygen atoms in total. The van der Waals surface area contributed by atoms with Gasteiger partial charge in [0.25, 0.3) is 0 Å². The van der Waals surface area contributed by atoms with Crippen molar-refractivity contribution in [2.45, 2.75) is 12.5 Å². The summed E-state index contributed by atoms with van der Waals surface area (Å²) in [4.78, 5) is 0. The molecule has 3 N–H and O–H groups in total. The van der Waals surface area contributed by atoms with Gasteiger partial charge < -0.3 is 0 Å². The van der Waals surface area contributed by atoms with Gasteiger partial charge in [-0.05, 0) is 41.8 Å². The van der Waals surface area contributed by atoms with Gasteiger partial charge >= 0.3 is 0 Å². The van der Waals surface area contributed by atoms with E-state index in [1.165, 1.54) is 0 Å². The molecule has 0 saturated carbocycles. The summed E-state index contributed by atoms with van der Waals surface area (Å²) in [6.07, 6.45) is 0.683. The molecule has 0 aliphatic carbocycles. The van der Waals surface area contributed by atoms with E-state index in [0.717, 1.165) is 20.1 Å². The zero-order valence-electron chi connectivity index (χ0n) is 10.3. The highest BCUT2D eigenvalue weighted by molar-refractivity contribution is 9.10. The summed E-state index contributed by atoms with van der Waals surface area (Å²) in [7, 11) is 0. The predicted octanol–water partition coefficient (Wildman–Crippen LogP) is 5.27. The molecule has 0 spiro atoms. The largest absolute Gasteiger partial charge is 0.271 e. The average Bonchev–Trinajstić information content (AvgIpc) is 2.39. The number of rotatable bonds is 4. The fourth-order valence-electron chi connectivity index (χ4n) is 1.95. The van der Waals surface area contributed by atoms with Gasteiger partial charge in [0.2, 0.25) is 0 Å². The Morgan fingerprint density at radius 1 is 1.10 bits per heavy atom. The standard InChI is InChI=1S/C14H12Br2Cl2N2/c15-9-2-1-8(13(18)6-9)5-14(20-19)11-4-3-10(17)7-12(11)16/h1-4,6-7,14,20H,5,19H2. The van der Waals surface area contributed by atoms with Crippen LogP contribution >= 0.6 is 55.1 Å². The maximum atomic E-state index is 6.25. The fraction of sp³-hybridized carbons (Fsp3) is 0.143. The Morgan fingerprint density at radius 2 is 1.85 bits per heavy atom. The van der Waals surface area contributed by atoms with Gasteiger partial charge in [-0.3, -0.25) is 11.3 Å². The van der Waals surface area contributed by atoms with Gasteiger partial charge in [0, 0.05) is 19.0 Å². The van der Waals surface area contributed by atoms with E-state index in [9.17, 15) is 0 Å². The van der Waals surface area contributed by atoms with Crippen LogP contribution < -0.4 is 11.3 Å². The number of hydrogen-bond acceptors (Lipinski definition) is 2. The van der Waals surface area contributed by atoms with Gasteiger partial charge in [0.1, 0.15) is 0 Å². The normalized spacial score (nSPS) is 12.4. The molecule has 0 radical (unpaired) electrons. The van der Waals surface area contributed by atoms with Crippen LogP contribution in [0.2, 0.25) is 10.0 Å². The number of benzene rings is 2. The fourth-order valence-corrected chi connectivity index (χ4v) is 3.66. The van der Waals surface area contributed by atoms with Crippen molar-refractivity contribution in [3.8, 4) is 0 Å². The van der Waals surface area contributed by atoms with Crippen molar-refractivity contribution in [2.75, 3.05) is 0 Å². The molecular weight excluding hydrogens is 427 g/mol. The van der Waals surface area contributed by atoms with Crippen LogP contribution in [0.3, 0.4) is 0 Å². The van der Waals surface area contributed by atoms with Crippen LogP contribution in [0.4, 0.5) is 0 Å². The Labute approximate surface area is 144 Å². The predicted molar refractivity (Wildman–Crippen MR) is 92.1 cm³/mol. The maximum Gasteiger partial charge on any atom is 0.0512 e. The molecule has 0 aliphatic rings. The molecule has 2 aromatic rings. The average molecular weight is 439 g/mol. The van der Waals surface area contributed by atoms with E-state index in [4.69, 9.17) is 29.0 Å². The Bertz CT molecular complexity index is 620. The molecule has 2 aromatic carbocycles. The maximum absolute atomic E-state index is 6.25. The minimum atomic E-state index is -0.0553. The van der Waals surface area contributed by atoms with E-state index in [1.54, 1.807) is 0 Å². The number of hydrogen-bond donors (Lipinski definition) is 2. The molecule has 0 amide bonds. The van der Waals surface area contributed by atoms with Crippen molar-refractivity contribution < 1.29 is 0 Å². The lowest BCUT2D eigenvalue weighted by Gasteiger charge is -2.19. The van der Waals surface area contributed by atoms with Gasteiger partial charge in [-0.15, -0.1) is 0 Å². The molecule has 106 valence electrons. The lowest BCUT2D eigenvalue weighted by Crippen LogP contribution is -2.29.